The molecule has 12 heteroatoms. The van der Waals surface area contributed by atoms with Crippen molar-refractivity contribution in [2.45, 2.75) is 37.8 Å². The van der Waals surface area contributed by atoms with Crippen molar-refractivity contribution in [2.24, 2.45) is 0 Å². The predicted octanol–water partition coefficient (Wildman–Crippen LogP) is 3.92. The number of carbonyl (C=O) groups is 1. The molecule has 2 saturated heterocycles. The highest BCUT2D eigenvalue weighted by atomic mass is 19.4. The van der Waals surface area contributed by atoms with Gasteiger partial charge in [-0.2, -0.15) is 18.2 Å². The summed E-state index contributed by atoms with van der Waals surface area (Å²) in [4.78, 5) is 26.7. The number of aromatic nitrogens is 2. The van der Waals surface area contributed by atoms with Crippen LogP contribution in [0.1, 0.15) is 42.7 Å². The van der Waals surface area contributed by atoms with Crippen LogP contribution in [-0.2, 0) is 15.7 Å². The summed E-state index contributed by atoms with van der Waals surface area (Å²) in [6.07, 6.45) is -0.785. The van der Waals surface area contributed by atoms with Crippen LogP contribution in [0, 0.1) is 0 Å². The summed E-state index contributed by atoms with van der Waals surface area (Å²) in [5, 5.41) is 6.01. The topological polar surface area (TPSA) is 85.9 Å². The largest absolute Gasteiger partial charge is 0.421 e. The summed E-state index contributed by atoms with van der Waals surface area (Å²) in [5.41, 5.74) is 2.22. The first-order chi connectivity index (χ1) is 18.8. The molecule has 1 aromatic heterocycles. The lowest BCUT2D eigenvalue weighted by Crippen LogP contribution is -2.44. The van der Waals surface area contributed by atoms with Crippen LogP contribution in [-0.4, -0.2) is 91.7 Å². The fourth-order valence-electron chi connectivity index (χ4n) is 4.99. The van der Waals surface area contributed by atoms with E-state index in [2.05, 4.69) is 49.6 Å². The van der Waals surface area contributed by atoms with Crippen LogP contribution in [0.25, 0.3) is 0 Å². The van der Waals surface area contributed by atoms with Gasteiger partial charge < -0.3 is 30.1 Å². The molecule has 2 N–H and O–H groups in total. The Morgan fingerprint density at radius 1 is 1.10 bits per heavy atom. The molecule has 1 aromatic carbocycles. The maximum absolute atomic E-state index is 13.7. The third-order valence-corrected chi connectivity index (χ3v) is 7.48. The summed E-state index contributed by atoms with van der Waals surface area (Å²) in [6, 6.07) is 6.24. The second kappa shape index (κ2) is 12.0. The van der Waals surface area contributed by atoms with Crippen molar-refractivity contribution in [1.29, 1.82) is 0 Å². The fraction of sp³-hybridized carbons (Fsp3) is 0.593. The molecule has 212 valence electrons. The monoisotopic (exact) mass is 547 g/mol. The van der Waals surface area contributed by atoms with Gasteiger partial charge in [-0.1, -0.05) is 0 Å². The van der Waals surface area contributed by atoms with E-state index in [4.69, 9.17) is 4.74 Å². The number of anilines is 4. The molecule has 0 unspecified atom stereocenters. The summed E-state index contributed by atoms with van der Waals surface area (Å²) in [6.45, 7) is 5.99. The second-order valence-corrected chi connectivity index (χ2v) is 10.4. The molecule has 0 radical (unpaired) electrons. The van der Waals surface area contributed by atoms with Gasteiger partial charge in [0.1, 0.15) is 11.4 Å². The van der Waals surface area contributed by atoms with Gasteiger partial charge >= 0.3 is 6.18 Å². The third kappa shape index (κ3) is 7.10. The van der Waals surface area contributed by atoms with Gasteiger partial charge in [0, 0.05) is 63.4 Å². The Hall–Kier alpha value is -3.12. The van der Waals surface area contributed by atoms with Gasteiger partial charge in [-0.3, -0.25) is 4.79 Å². The maximum Gasteiger partial charge on any atom is 0.421 e. The predicted molar refractivity (Wildman–Crippen MR) is 144 cm³/mol. The Kier molecular flexibility index (Phi) is 8.41. The molecule has 3 fully saturated rings. The summed E-state index contributed by atoms with van der Waals surface area (Å²) in [5.74, 6) is 0.272. The molecule has 1 aliphatic carbocycles. The van der Waals surface area contributed by atoms with Gasteiger partial charge in [0.05, 0.1) is 19.6 Å². The number of likely N-dealkylation sites (N-methyl/N-ethyl adjacent to an activating group) is 1. The zero-order valence-corrected chi connectivity index (χ0v) is 22.3. The van der Waals surface area contributed by atoms with E-state index in [-0.39, 0.29) is 24.2 Å². The normalized spacial score (nSPS) is 19.2. The van der Waals surface area contributed by atoms with E-state index in [9.17, 15) is 18.0 Å². The SMILES string of the molecule is CN1CCN(c2ccc(Nc3ncc(C(F)(F)F)c(NCCCN4CCOCCC4=O)n3)c(C3CC3)c2)CC1. The number of nitrogens with one attached hydrogen (secondary N) is 2. The van der Waals surface area contributed by atoms with Crippen LogP contribution in [0.15, 0.2) is 24.4 Å². The molecular formula is C27H36F3N7O2. The van der Waals surface area contributed by atoms with Crippen molar-refractivity contribution in [3.8, 4) is 0 Å². The lowest BCUT2D eigenvalue weighted by atomic mass is 10.1. The number of halogens is 3. The first kappa shape index (κ1) is 27.4. The first-order valence-corrected chi connectivity index (χ1v) is 13.7. The first-order valence-electron chi connectivity index (χ1n) is 13.7. The highest BCUT2D eigenvalue weighted by Crippen LogP contribution is 2.45. The van der Waals surface area contributed by atoms with Gasteiger partial charge in [0.25, 0.3) is 0 Å². The van der Waals surface area contributed by atoms with E-state index in [0.29, 0.717) is 45.1 Å². The van der Waals surface area contributed by atoms with E-state index in [1.165, 1.54) is 5.69 Å². The quantitative estimate of drug-likeness (QED) is 0.457. The number of benzene rings is 1. The molecule has 0 bridgehead atoms. The molecule has 2 aromatic rings. The minimum atomic E-state index is -4.59. The van der Waals surface area contributed by atoms with Crippen molar-refractivity contribution >= 4 is 29.0 Å². The fourth-order valence-corrected chi connectivity index (χ4v) is 4.99. The number of ether oxygens (including phenoxy) is 1. The van der Waals surface area contributed by atoms with E-state index in [1.54, 1.807) is 4.90 Å². The van der Waals surface area contributed by atoms with E-state index < -0.39 is 11.7 Å². The summed E-state index contributed by atoms with van der Waals surface area (Å²) in [7, 11) is 2.12. The number of amides is 1. The molecule has 1 amide bonds. The van der Waals surface area contributed by atoms with Crippen LogP contribution < -0.4 is 15.5 Å². The zero-order chi connectivity index (χ0) is 27.4. The van der Waals surface area contributed by atoms with Gasteiger partial charge in [-0.15, -0.1) is 0 Å². The molecule has 1 saturated carbocycles. The van der Waals surface area contributed by atoms with Crippen LogP contribution in [0.2, 0.25) is 0 Å². The van der Waals surface area contributed by atoms with Crippen molar-refractivity contribution in [2.75, 3.05) is 81.6 Å². The Morgan fingerprint density at radius 2 is 1.90 bits per heavy atom. The van der Waals surface area contributed by atoms with E-state index in [1.807, 2.05) is 6.07 Å². The van der Waals surface area contributed by atoms with E-state index >= 15 is 0 Å². The number of piperazine rings is 1. The summed E-state index contributed by atoms with van der Waals surface area (Å²) >= 11 is 0. The Balaban J connectivity index is 1.28. The molecule has 3 aliphatic rings. The minimum absolute atomic E-state index is 0.00195. The molecule has 0 atom stereocenters. The van der Waals surface area contributed by atoms with Gasteiger partial charge in [-0.25, -0.2) is 4.98 Å². The molecule has 5 rings (SSSR count). The maximum atomic E-state index is 13.7. The Labute approximate surface area is 226 Å². The number of alkyl halides is 3. The van der Waals surface area contributed by atoms with Gasteiger partial charge in [0.15, 0.2) is 0 Å². The van der Waals surface area contributed by atoms with Crippen molar-refractivity contribution < 1.29 is 22.7 Å². The lowest BCUT2D eigenvalue weighted by molar-refractivity contribution is -0.137. The number of hydrogen-bond donors (Lipinski definition) is 2. The van der Waals surface area contributed by atoms with Crippen LogP contribution in [0.4, 0.5) is 36.3 Å². The minimum Gasteiger partial charge on any atom is -0.379 e. The average Bonchev–Trinajstić information content (AvgIpc) is 3.76. The average molecular weight is 548 g/mol. The van der Waals surface area contributed by atoms with Gasteiger partial charge in [-0.05, 0) is 56.0 Å². The smallest absolute Gasteiger partial charge is 0.379 e. The number of carbonyl (C=O) groups excluding carboxylic acids is 1. The Bertz CT molecular complexity index is 1150. The standard InChI is InChI=1S/C27H36F3N7O2/c1-35-10-12-36(13-11-35)20-5-6-23(21(17-20)19-3-4-19)33-26-32-18-22(27(28,29)30)25(34-26)31-8-2-9-37-14-16-39-15-7-24(37)38/h5-6,17-19H,2-4,7-16H2,1H3,(H2,31,32,33,34). The van der Waals surface area contributed by atoms with Crippen molar-refractivity contribution in [3.05, 3.63) is 35.5 Å². The molecule has 0 spiro atoms. The second-order valence-electron chi connectivity index (χ2n) is 10.4. The number of hydrogen-bond acceptors (Lipinski definition) is 8. The third-order valence-electron chi connectivity index (χ3n) is 7.48. The van der Waals surface area contributed by atoms with E-state index in [0.717, 1.165) is 56.5 Å². The van der Waals surface area contributed by atoms with Crippen LogP contribution >= 0.6 is 0 Å². The van der Waals surface area contributed by atoms with Crippen LogP contribution in [0.5, 0.6) is 0 Å². The van der Waals surface area contributed by atoms with Crippen molar-refractivity contribution in [1.82, 2.24) is 19.8 Å². The summed E-state index contributed by atoms with van der Waals surface area (Å²) < 4.78 is 46.5. The molecule has 2 aliphatic heterocycles. The highest BCUT2D eigenvalue weighted by molar-refractivity contribution is 5.76. The molecule has 39 heavy (non-hydrogen) atoms. The van der Waals surface area contributed by atoms with Crippen molar-refractivity contribution in [3.63, 3.8) is 0 Å². The molecule has 3 heterocycles. The molecular weight excluding hydrogens is 511 g/mol. The molecule has 9 nitrogen and oxygen atoms in total. The highest BCUT2D eigenvalue weighted by Gasteiger charge is 2.35. The lowest BCUT2D eigenvalue weighted by Gasteiger charge is -2.34. The zero-order valence-electron chi connectivity index (χ0n) is 22.3. The number of nitrogens with zero attached hydrogens (tertiary/aromatic N) is 5. The Morgan fingerprint density at radius 3 is 2.64 bits per heavy atom. The number of rotatable bonds is 9. The van der Waals surface area contributed by atoms with Gasteiger partial charge in [0.2, 0.25) is 11.9 Å². The van der Waals surface area contributed by atoms with Crippen LogP contribution in [0.3, 0.4) is 0 Å².